The van der Waals surface area contributed by atoms with E-state index >= 15 is 0 Å². The summed E-state index contributed by atoms with van der Waals surface area (Å²) in [5, 5.41) is 2.89. The van der Waals surface area contributed by atoms with Crippen molar-refractivity contribution in [3.8, 4) is 0 Å². The van der Waals surface area contributed by atoms with Gasteiger partial charge in [-0.2, -0.15) is 0 Å². The number of aromatic nitrogens is 1. The molecule has 1 aromatic rings. The van der Waals surface area contributed by atoms with Gasteiger partial charge in [-0.15, -0.1) is 0 Å². The number of aryl methyl sites for hydroxylation is 1. The van der Waals surface area contributed by atoms with Crippen molar-refractivity contribution in [3.63, 3.8) is 0 Å². The lowest BCUT2D eigenvalue weighted by Gasteiger charge is -2.06. The van der Waals surface area contributed by atoms with Gasteiger partial charge in [0.05, 0.1) is 0 Å². The maximum Gasteiger partial charge on any atom is 0.225 e. The smallest absolute Gasteiger partial charge is 0.225 e. The molecule has 0 spiro atoms. The van der Waals surface area contributed by atoms with E-state index in [1.165, 1.54) is 44.9 Å². The van der Waals surface area contributed by atoms with E-state index in [2.05, 4.69) is 17.2 Å². The van der Waals surface area contributed by atoms with Crippen molar-refractivity contribution in [2.24, 2.45) is 0 Å². The molecule has 3 heteroatoms. The molecule has 0 bridgehead atoms. The molecule has 21 heavy (non-hydrogen) atoms. The molecule has 0 aliphatic rings. The van der Waals surface area contributed by atoms with Crippen LogP contribution >= 0.6 is 0 Å². The molecule has 1 amide bonds. The van der Waals surface area contributed by atoms with E-state index < -0.39 is 0 Å². The second-order valence-electron chi connectivity index (χ2n) is 5.80. The summed E-state index contributed by atoms with van der Waals surface area (Å²) in [6.07, 6.45) is 13.8. The molecular formula is C18H30N2O. The predicted octanol–water partition coefficient (Wildman–Crippen LogP) is 5.25. The van der Waals surface area contributed by atoms with Crippen LogP contribution in [-0.4, -0.2) is 10.9 Å². The van der Waals surface area contributed by atoms with Gasteiger partial charge in [0.25, 0.3) is 0 Å². The second-order valence-corrected chi connectivity index (χ2v) is 5.80. The Morgan fingerprint density at radius 2 is 1.67 bits per heavy atom. The number of carbonyl (C=O) groups excluding carboxylic acids is 1. The van der Waals surface area contributed by atoms with Crippen molar-refractivity contribution in [3.05, 3.63) is 23.9 Å². The first kappa shape index (κ1) is 17.7. The van der Waals surface area contributed by atoms with Gasteiger partial charge in [-0.05, 0) is 25.0 Å². The molecule has 0 saturated carbocycles. The lowest BCUT2D eigenvalue weighted by Crippen LogP contribution is -2.13. The highest BCUT2D eigenvalue weighted by atomic mass is 16.1. The van der Waals surface area contributed by atoms with Crippen LogP contribution in [0.1, 0.15) is 76.7 Å². The summed E-state index contributed by atoms with van der Waals surface area (Å²) in [7, 11) is 0. The van der Waals surface area contributed by atoms with Crippen LogP contribution in [0.15, 0.2) is 18.3 Å². The lowest BCUT2D eigenvalue weighted by molar-refractivity contribution is -0.116. The standard InChI is InChI=1S/C18H30N2O/c1-3-4-5-6-7-8-9-10-11-14-17(21)20-18-16(2)13-12-15-19-18/h12-13,15H,3-11,14H2,1-2H3,(H,19,20,21). The lowest BCUT2D eigenvalue weighted by atomic mass is 10.1. The molecule has 3 nitrogen and oxygen atoms in total. The van der Waals surface area contributed by atoms with E-state index in [4.69, 9.17) is 0 Å². The van der Waals surface area contributed by atoms with Crippen molar-refractivity contribution in [1.29, 1.82) is 0 Å². The quantitative estimate of drug-likeness (QED) is 0.565. The highest BCUT2D eigenvalue weighted by Gasteiger charge is 2.04. The van der Waals surface area contributed by atoms with Gasteiger partial charge in [-0.25, -0.2) is 4.98 Å². The summed E-state index contributed by atoms with van der Waals surface area (Å²) in [6, 6.07) is 3.84. The fourth-order valence-corrected chi connectivity index (χ4v) is 2.41. The van der Waals surface area contributed by atoms with Crippen molar-refractivity contribution >= 4 is 11.7 Å². The van der Waals surface area contributed by atoms with Crippen LogP contribution in [0.2, 0.25) is 0 Å². The minimum absolute atomic E-state index is 0.0831. The summed E-state index contributed by atoms with van der Waals surface area (Å²) < 4.78 is 0. The molecule has 0 aliphatic carbocycles. The molecule has 0 aromatic carbocycles. The Kier molecular flexibility index (Phi) is 9.51. The summed E-state index contributed by atoms with van der Waals surface area (Å²) in [6.45, 7) is 4.21. The van der Waals surface area contributed by atoms with Crippen molar-refractivity contribution in [1.82, 2.24) is 4.98 Å². The molecule has 0 fully saturated rings. The zero-order valence-electron chi connectivity index (χ0n) is 13.7. The Morgan fingerprint density at radius 1 is 1.05 bits per heavy atom. The van der Waals surface area contributed by atoms with Gasteiger partial charge in [-0.3, -0.25) is 4.79 Å². The first-order valence-electron chi connectivity index (χ1n) is 8.45. The average molecular weight is 290 g/mol. The SMILES string of the molecule is CCCCCCCCCCCC(=O)Nc1ncccc1C. The maximum absolute atomic E-state index is 11.8. The molecule has 0 atom stereocenters. The molecule has 1 rings (SSSR count). The largest absolute Gasteiger partial charge is 0.310 e. The van der Waals surface area contributed by atoms with Crippen LogP contribution in [0.3, 0.4) is 0 Å². The molecular weight excluding hydrogens is 260 g/mol. The van der Waals surface area contributed by atoms with Crippen LogP contribution in [-0.2, 0) is 4.79 Å². The minimum Gasteiger partial charge on any atom is -0.310 e. The topological polar surface area (TPSA) is 42.0 Å². The van der Waals surface area contributed by atoms with E-state index in [1.54, 1.807) is 6.20 Å². The minimum atomic E-state index is 0.0831. The van der Waals surface area contributed by atoms with Crippen LogP contribution in [0.4, 0.5) is 5.82 Å². The number of rotatable bonds is 11. The van der Waals surface area contributed by atoms with E-state index in [-0.39, 0.29) is 5.91 Å². The fourth-order valence-electron chi connectivity index (χ4n) is 2.41. The Morgan fingerprint density at radius 3 is 2.29 bits per heavy atom. The van der Waals surface area contributed by atoms with E-state index in [0.717, 1.165) is 18.4 Å². The number of nitrogens with one attached hydrogen (secondary N) is 1. The van der Waals surface area contributed by atoms with Gasteiger partial charge >= 0.3 is 0 Å². The van der Waals surface area contributed by atoms with Crippen LogP contribution in [0.5, 0.6) is 0 Å². The van der Waals surface area contributed by atoms with E-state index in [9.17, 15) is 4.79 Å². The Labute approximate surface area is 129 Å². The third-order valence-electron chi connectivity index (χ3n) is 3.77. The molecule has 1 N–H and O–H groups in total. The molecule has 0 aliphatic heterocycles. The van der Waals surface area contributed by atoms with Gasteiger partial charge in [0.2, 0.25) is 5.91 Å². The molecule has 0 saturated heterocycles. The molecule has 0 unspecified atom stereocenters. The zero-order valence-corrected chi connectivity index (χ0v) is 13.7. The summed E-state index contributed by atoms with van der Waals surface area (Å²) in [5.74, 6) is 0.776. The number of nitrogens with zero attached hydrogens (tertiary/aromatic N) is 1. The maximum atomic E-state index is 11.8. The monoisotopic (exact) mass is 290 g/mol. The second kappa shape index (κ2) is 11.3. The van der Waals surface area contributed by atoms with Gasteiger partial charge in [0, 0.05) is 12.6 Å². The highest BCUT2D eigenvalue weighted by molar-refractivity contribution is 5.90. The number of hydrogen-bond acceptors (Lipinski definition) is 2. The van der Waals surface area contributed by atoms with Crippen molar-refractivity contribution in [2.75, 3.05) is 5.32 Å². The predicted molar refractivity (Wildman–Crippen MR) is 89.4 cm³/mol. The molecule has 118 valence electrons. The molecule has 0 radical (unpaired) electrons. The summed E-state index contributed by atoms with van der Waals surface area (Å²) >= 11 is 0. The number of carbonyl (C=O) groups is 1. The van der Waals surface area contributed by atoms with Crippen molar-refractivity contribution in [2.45, 2.75) is 78.1 Å². The summed E-state index contributed by atoms with van der Waals surface area (Å²) in [5.41, 5.74) is 1.01. The zero-order chi connectivity index (χ0) is 15.3. The van der Waals surface area contributed by atoms with E-state index in [1.807, 2.05) is 19.1 Å². The van der Waals surface area contributed by atoms with E-state index in [0.29, 0.717) is 12.2 Å². The van der Waals surface area contributed by atoms with Gasteiger partial charge in [0.15, 0.2) is 0 Å². The number of hydrogen-bond donors (Lipinski definition) is 1. The molecule has 1 aromatic heterocycles. The average Bonchev–Trinajstić information content (AvgIpc) is 2.48. The summed E-state index contributed by atoms with van der Waals surface area (Å²) in [4.78, 5) is 16.0. The highest BCUT2D eigenvalue weighted by Crippen LogP contribution is 2.12. The number of unbranched alkanes of at least 4 members (excludes halogenated alkanes) is 8. The number of pyridine rings is 1. The Bertz CT molecular complexity index is 404. The Hall–Kier alpha value is -1.38. The van der Waals surface area contributed by atoms with Crippen LogP contribution in [0, 0.1) is 6.92 Å². The molecule has 1 heterocycles. The van der Waals surface area contributed by atoms with Crippen molar-refractivity contribution < 1.29 is 4.79 Å². The first-order valence-corrected chi connectivity index (χ1v) is 8.45. The third-order valence-corrected chi connectivity index (χ3v) is 3.77. The van der Waals surface area contributed by atoms with Crippen LogP contribution in [0.25, 0.3) is 0 Å². The number of amides is 1. The first-order chi connectivity index (χ1) is 10.2. The fraction of sp³-hybridized carbons (Fsp3) is 0.667. The number of anilines is 1. The third kappa shape index (κ3) is 8.49. The van der Waals surface area contributed by atoms with Gasteiger partial charge in [0.1, 0.15) is 5.82 Å². The van der Waals surface area contributed by atoms with Crippen LogP contribution < -0.4 is 5.32 Å². The normalized spacial score (nSPS) is 10.6. The Balaban J connectivity index is 2.00. The van der Waals surface area contributed by atoms with Gasteiger partial charge < -0.3 is 5.32 Å². The van der Waals surface area contributed by atoms with Gasteiger partial charge in [-0.1, -0.05) is 64.4 Å².